The molecule has 1 aromatic heterocycles. The van der Waals surface area contributed by atoms with Crippen LogP contribution in [0.3, 0.4) is 0 Å². The Morgan fingerprint density at radius 2 is 1.59 bits per heavy atom. The Labute approximate surface area is 218 Å². The van der Waals surface area contributed by atoms with Crippen LogP contribution < -0.4 is 4.80 Å². The number of carbonyl (C=O) groups is 4. The second-order valence-corrected chi connectivity index (χ2v) is 11.2. The second-order valence-electron chi connectivity index (χ2n) is 8.14. The predicted octanol–water partition coefficient (Wildman–Crippen LogP) is 1.04. The molecule has 12 nitrogen and oxygen atoms in total. The van der Waals surface area contributed by atoms with Crippen molar-refractivity contribution in [2.24, 2.45) is 4.99 Å². The second kappa shape index (κ2) is 12.3. The Morgan fingerprint density at radius 1 is 0.946 bits per heavy atom. The maximum atomic E-state index is 12.6. The van der Waals surface area contributed by atoms with E-state index in [1.54, 1.807) is 36.6 Å². The number of amides is 3. The molecule has 2 heterocycles. The lowest BCUT2D eigenvalue weighted by Crippen LogP contribution is -2.52. The highest BCUT2D eigenvalue weighted by Crippen LogP contribution is 2.20. The van der Waals surface area contributed by atoms with Gasteiger partial charge in [0.2, 0.25) is 5.91 Å². The molecule has 2 aromatic rings. The fraction of sp³-hybridized carbons (Fsp3) is 0.522. The third-order valence-corrected chi connectivity index (χ3v) is 7.99. The molecule has 0 atom stereocenters. The van der Waals surface area contributed by atoms with E-state index in [1.165, 1.54) is 9.80 Å². The minimum absolute atomic E-state index is 0.178. The fourth-order valence-corrected chi connectivity index (χ4v) is 6.07. The summed E-state index contributed by atoms with van der Waals surface area (Å²) in [7, 11) is -4.07. The molecule has 1 aliphatic rings. The monoisotopic (exact) mass is 554 g/mol. The minimum Gasteiger partial charge on any atom is -0.462 e. The summed E-state index contributed by atoms with van der Waals surface area (Å²) in [6.07, 6.45) is -0.475. The Hall–Kier alpha value is -3.26. The molecule has 37 heavy (non-hydrogen) atoms. The van der Waals surface area contributed by atoms with Crippen LogP contribution in [0.2, 0.25) is 0 Å². The van der Waals surface area contributed by atoms with Gasteiger partial charge in [-0.1, -0.05) is 11.3 Å². The lowest BCUT2D eigenvalue weighted by Gasteiger charge is -2.34. The average Bonchev–Trinajstić information content (AvgIpc) is 3.19. The summed E-state index contributed by atoms with van der Waals surface area (Å²) in [5.41, 5.74) is 1.10. The first-order valence-corrected chi connectivity index (χ1v) is 14.5. The number of aromatic nitrogens is 1. The third-order valence-electron chi connectivity index (χ3n) is 5.58. The van der Waals surface area contributed by atoms with Crippen LogP contribution in [0.15, 0.2) is 23.2 Å². The first kappa shape index (κ1) is 28.3. The highest BCUT2D eigenvalue weighted by Gasteiger charge is 2.28. The van der Waals surface area contributed by atoms with Crippen molar-refractivity contribution < 1.29 is 37.1 Å². The van der Waals surface area contributed by atoms with Gasteiger partial charge in [-0.25, -0.2) is 18.0 Å². The average molecular weight is 555 g/mol. The third kappa shape index (κ3) is 7.16. The maximum Gasteiger partial charge on any atom is 0.409 e. The molecule has 0 unspecified atom stereocenters. The topological polar surface area (TPSA) is 145 Å². The van der Waals surface area contributed by atoms with Crippen molar-refractivity contribution in [3.05, 3.63) is 28.6 Å². The molecule has 3 amide bonds. The predicted molar refractivity (Wildman–Crippen MR) is 136 cm³/mol. The number of nitrogens with zero attached hydrogens (tertiary/aromatic N) is 4. The molecule has 3 rings (SSSR count). The van der Waals surface area contributed by atoms with Crippen molar-refractivity contribution >= 4 is 55.3 Å². The van der Waals surface area contributed by atoms with Gasteiger partial charge in [-0.2, -0.15) is 4.99 Å². The number of hydrogen-bond donors (Lipinski definition) is 0. The number of ether oxygens (including phenoxy) is 2. The van der Waals surface area contributed by atoms with Crippen molar-refractivity contribution in [3.63, 3.8) is 0 Å². The van der Waals surface area contributed by atoms with E-state index in [-0.39, 0.29) is 39.4 Å². The zero-order valence-electron chi connectivity index (χ0n) is 21.0. The first-order valence-electron chi connectivity index (χ1n) is 11.9. The first-order chi connectivity index (χ1) is 17.6. The molecule has 0 spiro atoms. The van der Waals surface area contributed by atoms with Gasteiger partial charge in [0, 0.05) is 32.7 Å². The smallest absolute Gasteiger partial charge is 0.409 e. The van der Waals surface area contributed by atoms with Crippen LogP contribution in [0.25, 0.3) is 10.2 Å². The van der Waals surface area contributed by atoms with Gasteiger partial charge in [0.15, 0.2) is 14.6 Å². The Morgan fingerprint density at radius 3 is 2.22 bits per heavy atom. The standard InChI is InChI=1S/C23H30N4O8S2/c1-4-27-17-8-7-16(21(30)34-5-2)13-18(17)36-22(27)24-19(28)14-37(32,33)15-20(29)25-9-11-26(12-10-25)23(31)35-6-3/h7-8,13H,4-6,9-12,14-15H2,1-3H3. The summed E-state index contributed by atoms with van der Waals surface area (Å²) in [6, 6.07) is 4.99. The van der Waals surface area contributed by atoms with Gasteiger partial charge < -0.3 is 23.8 Å². The summed E-state index contributed by atoms with van der Waals surface area (Å²) in [5.74, 6) is -3.72. The Kier molecular flexibility index (Phi) is 9.43. The quantitative estimate of drug-likeness (QED) is 0.440. The fourth-order valence-electron chi connectivity index (χ4n) is 3.82. The summed E-state index contributed by atoms with van der Waals surface area (Å²) in [4.78, 5) is 56.0. The number of esters is 1. The molecule has 0 bridgehead atoms. The minimum atomic E-state index is -4.07. The zero-order chi connectivity index (χ0) is 27.2. The summed E-state index contributed by atoms with van der Waals surface area (Å²) < 4.78 is 37.6. The molecule has 202 valence electrons. The van der Waals surface area contributed by atoms with Crippen molar-refractivity contribution in [2.75, 3.05) is 50.9 Å². The van der Waals surface area contributed by atoms with Gasteiger partial charge >= 0.3 is 12.1 Å². The van der Waals surface area contributed by atoms with E-state index in [2.05, 4.69) is 4.99 Å². The van der Waals surface area contributed by atoms with Gasteiger partial charge in [-0.05, 0) is 39.0 Å². The van der Waals surface area contributed by atoms with Gasteiger partial charge in [0.1, 0.15) is 11.5 Å². The molecule has 14 heteroatoms. The number of aryl methyl sites for hydroxylation is 1. The molecule has 1 aromatic carbocycles. The molecular formula is C23H30N4O8S2. The molecular weight excluding hydrogens is 524 g/mol. The normalized spacial score (nSPS) is 14.6. The molecule has 0 radical (unpaired) electrons. The van der Waals surface area contributed by atoms with Gasteiger partial charge in [-0.15, -0.1) is 0 Å². The van der Waals surface area contributed by atoms with Crippen LogP contribution in [0.4, 0.5) is 4.79 Å². The number of thiazole rings is 1. The van der Waals surface area contributed by atoms with E-state index in [9.17, 15) is 27.6 Å². The van der Waals surface area contributed by atoms with Crippen molar-refractivity contribution in [1.29, 1.82) is 0 Å². The molecule has 0 saturated carbocycles. The molecule has 1 fully saturated rings. The molecule has 0 aliphatic carbocycles. The Balaban J connectivity index is 1.68. The van der Waals surface area contributed by atoms with E-state index in [4.69, 9.17) is 9.47 Å². The van der Waals surface area contributed by atoms with E-state index in [0.717, 1.165) is 16.9 Å². The van der Waals surface area contributed by atoms with Crippen LogP contribution in [0, 0.1) is 0 Å². The SMILES string of the molecule is CCOC(=O)c1ccc2c(c1)sc(=NC(=O)CS(=O)(=O)CC(=O)N1CCN(C(=O)OCC)CC1)n2CC. The van der Waals surface area contributed by atoms with Crippen LogP contribution in [-0.4, -0.2) is 97.6 Å². The van der Waals surface area contributed by atoms with Gasteiger partial charge in [0.05, 0.1) is 29.0 Å². The van der Waals surface area contributed by atoms with Gasteiger partial charge in [0.25, 0.3) is 5.91 Å². The van der Waals surface area contributed by atoms with Crippen LogP contribution >= 0.6 is 11.3 Å². The number of benzene rings is 1. The molecule has 0 N–H and O–H groups in total. The molecule has 1 saturated heterocycles. The lowest BCUT2D eigenvalue weighted by molar-refractivity contribution is -0.130. The van der Waals surface area contributed by atoms with Crippen LogP contribution in [0.5, 0.6) is 0 Å². The number of carbonyl (C=O) groups excluding carboxylic acids is 4. The van der Waals surface area contributed by atoms with Crippen molar-refractivity contribution in [1.82, 2.24) is 14.4 Å². The summed E-state index contributed by atoms with van der Waals surface area (Å²) in [5, 5.41) is 0. The lowest BCUT2D eigenvalue weighted by atomic mass is 10.2. The van der Waals surface area contributed by atoms with Crippen molar-refractivity contribution in [2.45, 2.75) is 27.3 Å². The van der Waals surface area contributed by atoms with E-state index in [1.807, 2.05) is 6.92 Å². The number of fused-ring (bicyclic) bond motifs is 1. The van der Waals surface area contributed by atoms with E-state index < -0.39 is 45.2 Å². The molecule has 1 aliphatic heterocycles. The largest absolute Gasteiger partial charge is 0.462 e. The number of piperazine rings is 1. The summed E-state index contributed by atoms with van der Waals surface area (Å²) in [6.45, 7) is 7.04. The van der Waals surface area contributed by atoms with Crippen LogP contribution in [-0.2, 0) is 35.4 Å². The van der Waals surface area contributed by atoms with Crippen molar-refractivity contribution in [3.8, 4) is 0 Å². The van der Waals surface area contributed by atoms with Crippen LogP contribution in [0.1, 0.15) is 31.1 Å². The maximum absolute atomic E-state index is 12.6. The highest BCUT2D eigenvalue weighted by molar-refractivity contribution is 7.92. The summed E-state index contributed by atoms with van der Waals surface area (Å²) >= 11 is 1.15. The van der Waals surface area contributed by atoms with E-state index >= 15 is 0 Å². The Bertz CT molecular complexity index is 1350. The van der Waals surface area contributed by atoms with E-state index in [0.29, 0.717) is 21.6 Å². The number of sulfone groups is 1. The van der Waals surface area contributed by atoms with Gasteiger partial charge in [-0.3, -0.25) is 9.59 Å². The number of rotatable bonds is 8. The zero-order valence-corrected chi connectivity index (χ0v) is 22.6. The number of hydrogen-bond acceptors (Lipinski definition) is 9. The highest BCUT2D eigenvalue weighted by atomic mass is 32.2.